The van der Waals surface area contributed by atoms with Crippen LogP contribution in [0.1, 0.15) is 28.8 Å². The van der Waals surface area contributed by atoms with Crippen LogP contribution >= 0.6 is 0 Å². The first-order chi connectivity index (χ1) is 17.4. The molecule has 8 nitrogen and oxygen atoms in total. The molecule has 2 aliphatic rings. The molecule has 2 heterocycles. The summed E-state index contributed by atoms with van der Waals surface area (Å²) in [5.41, 5.74) is 1.75. The van der Waals surface area contributed by atoms with Crippen molar-refractivity contribution in [3.8, 4) is 0 Å². The van der Waals surface area contributed by atoms with Crippen LogP contribution in [0.15, 0.2) is 48.5 Å². The highest BCUT2D eigenvalue weighted by Gasteiger charge is 2.50. The van der Waals surface area contributed by atoms with Crippen molar-refractivity contribution in [3.63, 3.8) is 0 Å². The molecule has 2 fully saturated rings. The van der Waals surface area contributed by atoms with Gasteiger partial charge in [-0.15, -0.1) is 0 Å². The van der Waals surface area contributed by atoms with Crippen molar-refractivity contribution in [2.75, 3.05) is 37.7 Å². The second kappa shape index (κ2) is 11.6. The van der Waals surface area contributed by atoms with Crippen LogP contribution < -0.4 is 15.5 Å². The highest BCUT2D eigenvalue weighted by Crippen LogP contribution is 2.36. The van der Waals surface area contributed by atoms with Crippen molar-refractivity contribution in [2.45, 2.75) is 31.5 Å². The molecule has 0 unspecified atom stereocenters. The summed E-state index contributed by atoms with van der Waals surface area (Å²) >= 11 is 0. The van der Waals surface area contributed by atoms with E-state index >= 15 is 0 Å². The zero-order valence-corrected chi connectivity index (χ0v) is 20.1. The number of carbonyl (C=O) groups is 3. The van der Waals surface area contributed by atoms with Crippen molar-refractivity contribution in [3.05, 3.63) is 65.5 Å². The Morgan fingerprint density at radius 2 is 1.76 bits per heavy atom. The minimum absolute atomic E-state index is 0.0132. The number of rotatable bonds is 5. The Bertz CT molecular complexity index is 1130. The molecule has 4 rings (SSSR count). The quantitative estimate of drug-likeness (QED) is 0.520. The Labute approximate surface area is 211 Å². The standard InChI is InChI=1S/C23H27FN4O2.C2HF3O2/c1-17-5-2-3-8-20(17)21(29)25-11-14-27-12-9-23(10-13-27)22(30)26-16-28(23)19-7-4-6-18(24)15-19;3-2(4,5)1(6)7/h2-8,15H,9-14,16H2,1H3,(H,25,29)(H,26,30);(H,6,7). The van der Waals surface area contributed by atoms with Crippen molar-refractivity contribution >= 4 is 23.5 Å². The molecule has 0 aliphatic carbocycles. The molecular weight excluding hydrogens is 496 g/mol. The molecule has 200 valence electrons. The Hall–Kier alpha value is -3.67. The number of hydrogen-bond donors (Lipinski definition) is 3. The van der Waals surface area contributed by atoms with Gasteiger partial charge in [0.15, 0.2) is 0 Å². The molecule has 2 aliphatic heterocycles. The second-order valence-corrected chi connectivity index (χ2v) is 8.82. The van der Waals surface area contributed by atoms with Crippen molar-refractivity contribution in [1.29, 1.82) is 0 Å². The Kier molecular flexibility index (Phi) is 8.74. The van der Waals surface area contributed by atoms with E-state index in [0.29, 0.717) is 31.6 Å². The van der Waals surface area contributed by atoms with Crippen LogP contribution in [0, 0.1) is 12.7 Å². The highest BCUT2D eigenvalue weighted by atomic mass is 19.4. The molecule has 1 spiro atoms. The van der Waals surface area contributed by atoms with Gasteiger partial charge < -0.3 is 25.5 Å². The number of benzene rings is 2. The lowest BCUT2D eigenvalue weighted by molar-refractivity contribution is -0.192. The van der Waals surface area contributed by atoms with Gasteiger partial charge in [-0.3, -0.25) is 9.59 Å². The van der Waals surface area contributed by atoms with Crippen LogP contribution in [-0.4, -0.2) is 72.4 Å². The van der Waals surface area contributed by atoms with Crippen LogP contribution in [0.2, 0.25) is 0 Å². The van der Waals surface area contributed by atoms with E-state index in [4.69, 9.17) is 9.90 Å². The van der Waals surface area contributed by atoms with Gasteiger partial charge in [0.2, 0.25) is 5.91 Å². The first-order valence-corrected chi connectivity index (χ1v) is 11.6. The van der Waals surface area contributed by atoms with E-state index in [-0.39, 0.29) is 17.6 Å². The van der Waals surface area contributed by atoms with Gasteiger partial charge in [-0.25, -0.2) is 9.18 Å². The number of aliphatic carboxylic acids is 1. The minimum atomic E-state index is -5.08. The predicted molar refractivity (Wildman–Crippen MR) is 127 cm³/mol. The maximum atomic E-state index is 13.7. The molecule has 0 atom stereocenters. The Morgan fingerprint density at radius 3 is 2.35 bits per heavy atom. The van der Waals surface area contributed by atoms with Gasteiger partial charge in [0.05, 0.1) is 6.67 Å². The van der Waals surface area contributed by atoms with E-state index < -0.39 is 17.7 Å². The number of carboxylic acid groups (broad SMARTS) is 1. The third-order valence-corrected chi connectivity index (χ3v) is 6.49. The Morgan fingerprint density at radius 1 is 1.11 bits per heavy atom. The summed E-state index contributed by atoms with van der Waals surface area (Å²) in [6.45, 7) is 5.11. The molecule has 0 aromatic heterocycles. The Balaban J connectivity index is 0.000000479. The fraction of sp³-hybridized carbons (Fsp3) is 0.400. The maximum absolute atomic E-state index is 13.7. The van der Waals surface area contributed by atoms with Gasteiger partial charge in [-0.1, -0.05) is 24.3 Å². The van der Waals surface area contributed by atoms with Crippen LogP contribution in [-0.2, 0) is 9.59 Å². The molecule has 12 heteroatoms. The van der Waals surface area contributed by atoms with Gasteiger partial charge >= 0.3 is 12.1 Å². The van der Waals surface area contributed by atoms with Crippen molar-refractivity contribution in [2.24, 2.45) is 0 Å². The number of aryl methyl sites for hydroxylation is 1. The fourth-order valence-electron chi connectivity index (χ4n) is 4.47. The number of alkyl halides is 3. The van der Waals surface area contributed by atoms with Crippen molar-refractivity contribution in [1.82, 2.24) is 15.5 Å². The number of carboxylic acids is 1. The van der Waals surface area contributed by atoms with Crippen LogP contribution in [0.4, 0.5) is 23.2 Å². The molecule has 0 radical (unpaired) electrons. The number of nitrogens with one attached hydrogen (secondary N) is 2. The molecular formula is C25H28F4N4O4. The summed E-state index contributed by atoms with van der Waals surface area (Å²) in [5, 5.41) is 13.0. The number of likely N-dealkylation sites (tertiary alicyclic amines) is 1. The molecule has 2 aromatic rings. The summed E-state index contributed by atoms with van der Waals surface area (Å²) in [4.78, 5) is 38.2. The van der Waals surface area contributed by atoms with Gasteiger partial charge in [-0.05, 0) is 49.6 Å². The summed E-state index contributed by atoms with van der Waals surface area (Å²) in [6, 6.07) is 14.0. The lowest BCUT2D eigenvalue weighted by Gasteiger charge is -2.43. The third-order valence-electron chi connectivity index (χ3n) is 6.49. The first kappa shape index (κ1) is 27.9. The molecule has 37 heavy (non-hydrogen) atoms. The van der Waals surface area contributed by atoms with Gasteiger partial charge in [0.25, 0.3) is 5.91 Å². The smallest absolute Gasteiger partial charge is 0.475 e. The average Bonchev–Trinajstić information content (AvgIpc) is 3.15. The van der Waals surface area contributed by atoms with E-state index in [0.717, 1.165) is 30.9 Å². The number of piperidine rings is 1. The lowest BCUT2D eigenvalue weighted by Crippen LogP contribution is -2.57. The van der Waals surface area contributed by atoms with E-state index in [2.05, 4.69) is 15.5 Å². The summed E-state index contributed by atoms with van der Waals surface area (Å²) in [5.74, 6) is -3.11. The number of carbonyl (C=O) groups excluding carboxylic acids is 2. The zero-order chi connectivity index (χ0) is 27.2. The topological polar surface area (TPSA) is 102 Å². The van der Waals surface area contributed by atoms with E-state index in [1.54, 1.807) is 6.07 Å². The SMILES string of the molecule is Cc1ccccc1C(=O)NCCN1CCC2(CC1)C(=O)NCN2c1cccc(F)c1.O=C(O)C(F)(F)F. The highest BCUT2D eigenvalue weighted by molar-refractivity contribution is 5.95. The molecule has 3 N–H and O–H groups in total. The number of halogens is 4. The van der Waals surface area contributed by atoms with Crippen LogP contribution in [0.3, 0.4) is 0 Å². The normalized spacial score (nSPS) is 17.1. The molecule has 2 amide bonds. The van der Waals surface area contributed by atoms with Gasteiger partial charge in [-0.2, -0.15) is 13.2 Å². The largest absolute Gasteiger partial charge is 0.490 e. The number of anilines is 1. The van der Waals surface area contributed by atoms with E-state index in [1.807, 2.05) is 42.2 Å². The maximum Gasteiger partial charge on any atom is 0.490 e. The fourth-order valence-corrected chi connectivity index (χ4v) is 4.47. The predicted octanol–water partition coefficient (Wildman–Crippen LogP) is 2.93. The average molecular weight is 525 g/mol. The van der Waals surface area contributed by atoms with Crippen molar-refractivity contribution < 1.29 is 37.1 Å². The number of amides is 2. The summed E-state index contributed by atoms with van der Waals surface area (Å²) < 4.78 is 45.4. The summed E-state index contributed by atoms with van der Waals surface area (Å²) in [7, 11) is 0. The zero-order valence-electron chi connectivity index (χ0n) is 20.1. The summed E-state index contributed by atoms with van der Waals surface area (Å²) in [6.07, 6.45) is -3.75. The lowest BCUT2D eigenvalue weighted by atomic mass is 9.85. The molecule has 0 bridgehead atoms. The molecule has 0 saturated carbocycles. The van der Waals surface area contributed by atoms with Crippen LogP contribution in [0.5, 0.6) is 0 Å². The molecule has 2 aromatic carbocycles. The first-order valence-electron chi connectivity index (χ1n) is 11.6. The monoisotopic (exact) mass is 524 g/mol. The van der Waals surface area contributed by atoms with Crippen LogP contribution in [0.25, 0.3) is 0 Å². The second-order valence-electron chi connectivity index (χ2n) is 8.82. The van der Waals surface area contributed by atoms with Gasteiger partial charge in [0, 0.05) is 37.4 Å². The van der Waals surface area contributed by atoms with E-state index in [1.165, 1.54) is 12.1 Å². The molecule has 2 saturated heterocycles. The van der Waals surface area contributed by atoms with E-state index in [9.17, 15) is 27.2 Å². The third kappa shape index (κ3) is 6.76. The minimum Gasteiger partial charge on any atom is -0.475 e. The van der Waals surface area contributed by atoms with Gasteiger partial charge in [0.1, 0.15) is 11.4 Å². The number of hydrogen-bond acceptors (Lipinski definition) is 5. The number of nitrogens with zero attached hydrogens (tertiary/aromatic N) is 2.